The molecule has 0 aliphatic heterocycles. The lowest BCUT2D eigenvalue weighted by Gasteiger charge is -2.45. The molecule has 0 heterocycles. The molecule has 0 aromatic rings. The molecule has 0 aromatic heterocycles. The molecular formula is C17H33N3O2. The normalized spacial score (nSPS) is 30.2. The first-order valence-electron chi connectivity index (χ1n) is 8.68. The van der Waals surface area contributed by atoms with Gasteiger partial charge in [-0.1, -0.05) is 19.8 Å². The third kappa shape index (κ3) is 4.35. The van der Waals surface area contributed by atoms with E-state index in [-0.39, 0.29) is 17.7 Å². The van der Waals surface area contributed by atoms with Crippen LogP contribution in [0.25, 0.3) is 0 Å². The van der Waals surface area contributed by atoms with Gasteiger partial charge in [0.2, 0.25) is 0 Å². The third-order valence-corrected chi connectivity index (χ3v) is 5.56. The molecule has 2 saturated carbocycles. The summed E-state index contributed by atoms with van der Waals surface area (Å²) in [5.41, 5.74) is 0.0727. The van der Waals surface area contributed by atoms with E-state index >= 15 is 0 Å². The lowest BCUT2D eigenvalue weighted by Crippen LogP contribution is -2.56. The molecule has 2 rings (SSSR count). The molecule has 128 valence electrons. The minimum atomic E-state index is -0.367. The maximum Gasteiger partial charge on any atom is 0.317 e. The van der Waals surface area contributed by atoms with Crippen molar-refractivity contribution in [3.05, 3.63) is 0 Å². The van der Waals surface area contributed by atoms with Crippen molar-refractivity contribution in [1.82, 2.24) is 15.1 Å². The van der Waals surface area contributed by atoms with E-state index in [1.165, 1.54) is 12.8 Å². The van der Waals surface area contributed by atoms with Crippen LogP contribution in [0.2, 0.25) is 0 Å². The molecule has 2 amide bonds. The van der Waals surface area contributed by atoms with Crippen LogP contribution in [0.4, 0.5) is 4.79 Å². The van der Waals surface area contributed by atoms with E-state index in [0.29, 0.717) is 24.9 Å². The molecule has 3 unspecified atom stereocenters. The van der Waals surface area contributed by atoms with Crippen molar-refractivity contribution in [3.8, 4) is 0 Å². The minimum absolute atomic E-state index is 0.0702. The van der Waals surface area contributed by atoms with Crippen LogP contribution >= 0.6 is 0 Å². The third-order valence-electron chi connectivity index (χ3n) is 5.56. The summed E-state index contributed by atoms with van der Waals surface area (Å²) < 4.78 is 0. The molecule has 2 aliphatic carbocycles. The average molecular weight is 311 g/mol. The summed E-state index contributed by atoms with van der Waals surface area (Å²) in [7, 11) is 6.00. The molecule has 5 nitrogen and oxygen atoms in total. The Kier molecular flexibility index (Phi) is 5.72. The number of nitrogens with zero attached hydrogens (tertiary/aromatic N) is 2. The first kappa shape index (κ1) is 17.5. The molecule has 0 aromatic carbocycles. The summed E-state index contributed by atoms with van der Waals surface area (Å²) in [4.78, 5) is 16.2. The molecule has 5 heteroatoms. The Hall–Kier alpha value is -0.810. The Morgan fingerprint density at radius 1 is 1.32 bits per heavy atom. The number of carbonyl (C=O) groups is 1. The van der Waals surface area contributed by atoms with Crippen LogP contribution in [-0.2, 0) is 0 Å². The number of likely N-dealkylation sites (N-methyl/N-ethyl adjacent to an activating group) is 2. The summed E-state index contributed by atoms with van der Waals surface area (Å²) in [5, 5.41) is 13.1. The topological polar surface area (TPSA) is 55.8 Å². The zero-order valence-electron chi connectivity index (χ0n) is 14.6. The van der Waals surface area contributed by atoms with Gasteiger partial charge in [0, 0.05) is 25.7 Å². The molecule has 0 bridgehead atoms. The Morgan fingerprint density at radius 3 is 2.55 bits per heavy atom. The highest BCUT2D eigenvalue weighted by Gasteiger charge is 2.37. The monoisotopic (exact) mass is 311 g/mol. The van der Waals surface area contributed by atoms with Crippen molar-refractivity contribution in [2.24, 2.45) is 11.8 Å². The van der Waals surface area contributed by atoms with Crippen LogP contribution in [0.3, 0.4) is 0 Å². The van der Waals surface area contributed by atoms with Gasteiger partial charge in [-0.25, -0.2) is 4.79 Å². The predicted octanol–water partition coefficient (Wildman–Crippen LogP) is 1.91. The van der Waals surface area contributed by atoms with Crippen LogP contribution in [0.5, 0.6) is 0 Å². The second kappa shape index (κ2) is 7.18. The molecule has 0 saturated heterocycles. The summed E-state index contributed by atoms with van der Waals surface area (Å²) in [6.07, 6.45) is 6.61. The smallest absolute Gasteiger partial charge is 0.317 e. The number of hydrogen-bond donors (Lipinski definition) is 2. The molecular weight excluding hydrogens is 278 g/mol. The lowest BCUT2D eigenvalue weighted by atomic mass is 9.75. The zero-order chi connectivity index (χ0) is 16.3. The van der Waals surface area contributed by atoms with Crippen LogP contribution in [0.15, 0.2) is 0 Å². The Morgan fingerprint density at radius 2 is 2.00 bits per heavy atom. The van der Waals surface area contributed by atoms with E-state index in [1.807, 2.05) is 0 Å². The number of carbonyl (C=O) groups excluding carboxylic acids is 1. The fourth-order valence-corrected chi connectivity index (χ4v) is 3.73. The molecule has 22 heavy (non-hydrogen) atoms. The van der Waals surface area contributed by atoms with Crippen LogP contribution in [0, 0.1) is 11.8 Å². The molecule has 2 aliphatic rings. The minimum Gasteiger partial charge on any atom is -0.391 e. The fourth-order valence-electron chi connectivity index (χ4n) is 3.73. The van der Waals surface area contributed by atoms with Crippen LogP contribution in [0.1, 0.15) is 45.4 Å². The molecule has 3 atom stereocenters. The Balaban J connectivity index is 1.84. The molecule has 0 spiro atoms. The number of aliphatic hydroxyl groups excluding tert-OH is 1. The number of rotatable bonds is 6. The van der Waals surface area contributed by atoms with Crippen molar-refractivity contribution in [3.63, 3.8) is 0 Å². The first-order valence-corrected chi connectivity index (χ1v) is 8.68. The summed E-state index contributed by atoms with van der Waals surface area (Å²) >= 11 is 0. The number of hydrogen-bond acceptors (Lipinski definition) is 3. The highest BCUT2D eigenvalue weighted by atomic mass is 16.3. The SMILES string of the molecule is CC1CCCC(CNC(=O)N(C)CC(O)C2CC2)(N(C)C)C1. The highest BCUT2D eigenvalue weighted by Crippen LogP contribution is 2.35. The van der Waals surface area contributed by atoms with Gasteiger partial charge in [-0.3, -0.25) is 0 Å². The van der Waals surface area contributed by atoms with Gasteiger partial charge in [0.1, 0.15) is 0 Å². The van der Waals surface area contributed by atoms with E-state index in [0.717, 1.165) is 25.7 Å². The van der Waals surface area contributed by atoms with Crippen molar-refractivity contribution in [2.75, 3.05) is 34.2 Å². The van der Waals surface area contributed by atoms with Gasteiger partial charge in [-0.15, -0.1) is 0 Å². The fraction of sp³-hybridized carbons (Fsp3) is 0.941. The summed E-state index contributed by atoms with van der Waals surface area (Å²) in [5.74, 6) is 1.12. The van der Waals surface area contributed by atoms with E-state index in [2.05, 4.69) is 31.2 Å². The first-order chi connectivity index (χ1) is 10.3. The summed E-state index contributed by atoms with van der Waals surface area (Å²) in [6, 6.07) is -0.0702. The maximum atomic E-state index is 12.3. The van der Waals surface area contributed by atoms with Gasteiger partial charge >= 0.3 is 6.03 Å². The van der Waals surface area contributed by atoms with Crippen LogP contribution < -0.4 is 5.32 Å². The Bertz CT molecular complexity index is 384. The van der Waals surface area contributed by atoms with Gasteiger partial charge < -0.3 is 20.2 Å². The van der Waals surface area contributed by atoms with E-state index in [9.17, 15) is 9.90 Å². The standard InChI is InChI=1S/C17H33N3O2/c1-13-6-5-9-17(10-13,19(2)3)12-18-16(22)20(4)11-15(21)14-7-8-14/h13-15,21H,5-12H2,1-4H3,(H,18,22). The van der Waals surface area contributed by atoms with Gasteiger partial charge in [-0.2, -0.15) is 0 Å². The lowest BCUT2D eigenvalue weighted by molar-refractivity contribution is 0.0734. The average Bonchev–Trinajstić information content (AvgIpc) is 3.29. The predicted molar refractivity (Wildman–Crippen MR) is 88.8 cm³/mol. The quantitative estimate of drug-likeness (QED) is 0.788. The van der Waals surface area contributed by atoms with Crippen LogP contribution in [-0.4, -0.2) is 66.8 Å². The molecule has 0 radical (unpaired) electrons. The van der Waals surface area contributed by atoms with Gasteiger partial charge in [0.25, 0.3) is 0 Å². The van der Waals surface area contributed by atoms with Gasteiger partial charge in [0.05, 0.1) is 6.10 Å². The largest absolute Gasteiger partial charge is 0.391 e. The summed E-state index contributed by atoms with van der Waals surface area (Å²) in [6.45, 7) is 3.42. The van der Waals surface area contributed by atoms with E-state index < -0.39 is 0 Å². The van der Waals surface area contributed by atoms with Gasteiger partial charge in [-0.05, 0) is 51.6 Å². The maximum absolute atomic E-state index is 12.3. The van der Waals surface area contributed by atoms with E-state index in [1.54, 1.807) is 11.9 Å². The number of aliphatic hydroxyl groups is 1. The molecule has 2 N–H and O–H groups in total. The van der Waals surface area contributed by atoms with Gasteiger partial charge in [0.15, 0.2) is 0 Å². The van der Waals surface area contributed by atoms with Crippen molar-refractivity contribution in [1.29, 1.82) is 0 Å². The van der Waals surface area contributed by atoms with Crippen molar-refractivity contribution < 1.29 is 9.90 Å². The van der Waals surface area contributed by atoms with E-state index in [4.69, 9.17) is 0 Å². The zero-order valence-corrected chi connectivity index (χ0v) is 14.6. The number of nitrogens with one attached hydrogen (secondary N) is 1. The van der Waals surface area contributed by atoms with Crippen molar-refractivity contribution in [2.45, 2.75) is 57.1 Å². The number of urea groups is 1. The molecule has 2 fully saturated rings. The second-order valence-corrected chi connectivity index (χ2v) is 7.76. The highest BCUT2D eigenvalue weighted by molar-refractivity contribution is 5.74. The second-order valence-electron chi connectivity index (χ2n) is 7.76. The number of amides is 2. The van der Waals surface area contributed by atoms with Crippen molar-refractivity contribution >= 4 is 6.03 Å². The Labute approximate surface area is 135 Å².